The van der Waals surface area contributed by atoms with E-state index in [9.17, 15) is 0 Å². The maximum atomic E-state index is 4.51. The highest BCUT2D eigenvalue weighted by atomic mass is 32.1. The maximum absolute atomic E-state index is 4.51. The molecule has 0 aliphatic carbocycles. The summed E-state index contributed by atoms with van der Waals surface area (Å²) in [7, 11) is 0. The molecule has 0 fully saturated rings. The molecule has 6 heteroatoms. The van der Waals surface area contributed by atoms with Gasteiger partial charge in [0, 0.05) is 18.1 Å². The molecule has 0 amide bonds. The molecule has 0 unspecified atom stereocenters. The van der Waals surface area contributed by atoms with Gasteiger partial charge in [0.15, 0.2) is 0 Å². The summed E-state index contributed by atoms with van der Waals surface area (Å²) in [4.78, 5) is 17.4. The van der Waals surface area contributed by atoms with E-state index in [1.165, 1.54) is 0 Å². The number of nitrogens with one attached hydrogen (secondary N) is 1. The van der Waals surface area contributed by atoms with E-state index < -0.39 is 0 Å². The Balaban J connectivity index is 1.65. The Morgan fingerprint density at radius 1 is 0.864 bits per heavy atom. The van der Waals surface area contributed by atoms with Gasteiger partial charge in [-0.1, -0.05) is 6.07 Å². The van der Waals surface area contributed by atoms with Crippen LogP contribution in [0, 0.1) is 0 Å². The second-order valence-electron chi connectivity index (χ2n) is 4.64. The van der Waals surface area contributed by atoms with Gasteiger partial charge in [0.2, 0.25) is 5.95 Å². The molecule has 1 N–H and O–H groups in total. The average Bonchev–Trinajstić information content (AvgIpc) is 3.04. The van der Waals surface area contributed by atoms with E-state index in [-0.39, 0.29) is 0 Å². The van der Waals surface area contributed by atoms with Crippen LogP contribution < -0.4 is 5.32 Å². The summed E-state index contributed by atoms with van der Waals surface area (Å²) in [5.41, 5.74) is 5.39. The Bertz CT molecular complexity index is 920. The van der Waals surface area contributed by atoms with Crippen molar-refractivity contribution in [3.05, 3.63) is 60.4 Å². The topological polar surface area (TPSA) is 63.6 Å². The van der Waals surface area contributed by atoms with Crippen molar-refractivity contribution in [3.63, 3.8) is 0 Å². The van der Waals surface area contributed by atoms with Crippen molar-refractivity contribution in [1.29, 1.82) is 0 Å². The molecule has 0 aliphatic rings. The van der Waals surface area contributed by atoms with Crippen LogP contribution in [0.5, 0.6) is 0 Å². The molecule has 0 atom stereocenters. The van der Waals surface area contributed by atoms with Gasteiger partial charge >= 0.3 is 0 Å². The molecule has 5 nitrogen and oxygen atoms in total. The first kappa shape index (κ1) is 12.8. The van der Waals surface area contributed by atoms with Crippen molar-refractivity contribution in [2.75, 3.05) is 5.32 Å². The Kier molecular flexibility index (Phi) is 3.21. The Hall–Kier alpha value is -2.86. The van der Waals surface area contributed by atoms with Crippen molar-refractivity contribution in [3.8, 4) is 11.4 Å². The number of benzene rings is 1. The van der Waals surface area contributed by atoms with Gasteiger partial charge in [0.1, 0.15) is 0 Å². The van der Waals surface area contributed by atoms with Crippen LogP contribution in [0.1, 0.15) is 0 Å². The van der Waals surface area contributed by atoms with Crippen molar-refractivity contribution in [1.82, 2.24) is 19.9 Å². The van der Waals surface area contributed by atoms with Crippen molar-refractivity contribution >= 4 is 33.2 Å². The third-order valence-electron chi connectivity index (χ3n) is 3.17. The number of rotatable bonds is 3. The molecule has 0 saturated carbocycles. The predicted molar refractivity (Wildman–Crippen MR) is 88.2 cm³/mol. The number of anilines is 2. The quantitative estimate of drug-likeness (QED) is 0.622. The molecular formula is C16H11N5S. The fourth-order valence-corrected chi connectivity index (χ4v) is 2.85. The van der Waals surface area contributed by atoms with Crippen LogP contribution >= 0.6 is 11.3 Å². The van der Waals surface area contributed by atoms with Gasteiger partial charge in [0.05, 0.1) is 27.1 Å². The highest BCUT2D eigenvalue weighted by molar-refractivity contribution is 7.16. The number of aromatic nitrogens is 4. The van der Waals surface area contributed by atoms with Crippen LogP contribution in [0.4, 0.5) is 11.6 Å². The molecule has 3 heterocycles. The van der Waals surface area contributed by atoms with Crippen LogP contribution in [-0.4, -0.2) is 19.9 Å². The fourth-order valence-electron chi connectivity index (χ4n) is 2.14. The van der Waals surface area contributed by atoms with E-state index in [1.54, 1.807) is 23.7 Å². The summed E-state index contributed by atoms with van der Waals surface area (Å²) in [5.74, 6) is 0.548. The van der Waals surface area contributed by atoms with E-state index in [0.717, 1.165) is 27.3 Å². The van der Waals surface area contributed by atoms with Gasteiger partial charge in [-0.05, 0) is 36.4 Å². The average molecular weight is 305 g/mol. The van der Waals surface area contributed by atoms with Gasteiger partial charge in [-0.3, -0.25) is 4.98 Å². The molecule has 1 aromatic carbocycles. The molecule has 0 aliphatic heterocycles. The first-order valence-electron chi connectivity index (χ1n) is 6.73. The number of hydrogen-bond donors (Lipinski definition) is 1. The molecular weight excluding hydrogens is 294 g/mol. The zero-order valence-electron chi connectivity index (χ0n) is 11.5. The normalized spacial score (nSPS) is 10.7. The predicted octanol–water partition coefficient (Wildman–Crippen LogP) is 3.89. The molecule has 106 valence electrons. The molecule has 22 heavy (non-hydrogen) atoms. The van der Waals surface area contributed by atoms with E-state index in [1.807, 2.05) is 48.0 Å². The summed E-state index contributed by atoms with van der Waals surface area (Å²) >= 11 is 1.61. The maximum Gasteiger partial charge on any atom is 0.227 e. The Labute approximate surface area is 130 Å². The summed E-state index contributed by atoms with van der Waals surface area (Å²) in [6.07, 6.45) is 3.48. The minimum absolute atomic E-state index is 0.548. The summed E-state index contributed by atoms with van der Waals surface area (Å²) in [6, 6.07) is 13.6. The van der Waals surface area contributed by atoms with Crippen LogP contribution in [0.3, 0.4) is 0 Å². The molecule has 0 radical (unpaired) electrons. The van der Waals surface area contributed by atoms with Crippen LogP contribution in [-0.2, 0) is 0 Å². The van der Waals surface area contributed by atoms with E-state index in [2.05, 4.69) is 25.3 Å². The zero-order chi connectivity index (χ0) is 14.8. The molecule has 0 saturated heterocycles. The monoisotopic (exact) mass is 305 g/mol. The molecule has 4 rings (SSSR count). The lowest BCUT2D eigenvalue weighted by Gasteiger charge is -2.06. The highest BCUT2D eigenvalue weighted by Gasteiger charge is 2.04. The number of pyridine rings is 1. The van der Waals surface area contributed by atoms with E-state index in [4.69, 9.17) is 0 Å². The standard InChI is InChI=1S/C16H11N5S/c1-2-7-17-12(3-1)13-6-8-18-16(21-13)20-11-4-5-14-15(9-11)22-10-19-14/h1-10H,(H,18,20,21). The molecule has 0 bridgehead atoms. The van der Waals surface area contributed by atoms with Gasteiger partial charge in [0.25, 0.3) is 0 Å². The zero-order valence-corrected chi connectivity index (χ0v) is 12.3. The van der Waals surface area contributed by atoms with Gasteiger partial charge in [-0.2, -0.15) is 0 Å². The van der Waals surface area contributed by atoms with E-state index in [0.29, 0.717) is 5.95 Å². The fraction of sp³-hybridized carbons (Fsp3) is 0. The highest BCUT2D eigenvalue weighted by Crippen LogP contribution is 2.24. The SMILES string of the molecule is c1ccc(-c2ccnc(Nc3ccc4ncsc4c3)n2)nc1. The number of thiazole rings is 1. The van der Waals surface area contributed by atoms with Crippen LogP contribution in [0.15, 0.2) is 60.4 Å². The summed E-state index contributed by atoms with van der Waals surface area (Å²) < 4.78 is 1.13. The lowest BCUT2D eigenvalue weighted by molar-refractivity contribution is 1.15. The Morgan fingerprint density at radius 2 is 1.86 bits per heavy atom. The first-order chi connectivity index (χ1) is 10.9. The Morgan fingerprint density at radius 3 is 2.77 bits per heavy atom. The minimum atomic E-state index is 0.548. The second kappa shape index (κ2) is 5.50. The number of fused-ring (bicyclic) bond motifs is 1. The molecule has 4 aromatic rings. The first-order valence-corrected chi connectivity index (χ1v) is 7.61. The lowest BCUT2D eigenvalue weighted by Crippen LogP contribution is -1.98. The smallest absolute Gasteiger partial charge is 0.227 e. The minimum Gasteiger partial charge on any atom is -0.324 e. The number of nitrogens with zero attached hydrogens (tertiary/aromatic N) is 4. The van der Waals surface area contributed by atoms with Crippen LogP contribution in [0.2, 0.25) is 0 Å². The third-order valence-corrected chi connectivity index (χ3v) is 3.96. The van der Waals surface area contributed by atoms with Gasteiger partial charge in [-0.25, -0.2) is 15.0 Å². The largest absolute Gasteiger partial charge is 0.324 e. The second-order valence-corrected chi connectivity index (χ2v) is 5.53. The van der Waals surface area contributed by atoms with Crippen molar-refractivity contribution in [2.45, 2.75) is 0 Å². The van der Waals surface area contributed by atoms with Crippen molar-refractivity contribution < 1.29 is 0 Å². The van der Waals surface area contributed by atoms with Gasteiger partial charge < -0.3 is 5.32 Å². The van der Waals surface area contributed by atoms with E-state index >= 15 is 0 Å². The molecule has 3 aromatic heterocycles. The lowest BCUT2D eigenvalue weighted by atomic mass is 10.2. The number of hydrogen-bond acceptors (Lipinski definition) is 6. The molecule has 0 spiro atoms. The van der Waals surface area contributed by atoms with Crippen molar-refractivity contribution in [2.24, 2.45) is 0 Å². The van der Waals surface area contributed by atoms with Crippen LogP contribution in [0.25, 0.3) is 21.6 Å². The third kappa shape index (κ3) is 2.51. The van der Waals surface area contributed by atoms with Gasteiger partial charge in [-0.15, -0.1) is 11.3 Å². The summed E-state index contributed by atoms with van der Waals surface area (Å²) in [6.45, 7) is 0. The summed E-state index contributed by atoms with van der Waals surface area (Å²) in [5, 5.41) is 3.22.